The van der Waals surface area contributed by atoms with Crippen LogP contribution < -0.4 is 4.74 Å². The van der Waals surface area contributed by atoms with Crippen LogP contribution >= 0.6 is 0 Å². The molecule has 0 atom stereocenters. The average molecular weight is 364 g/mol. The lowest BCUT2D eigenvalue weighted by molar-refractivity contribution is 0.221. The lowest BCUT2D eigenvalue weighted by Gasteiger charge is -2.24. The molecule has 2 heterocycles. The Kier molecular flexibility index (Phi) is 6.37. The van der Waals surface area contributed by atoms with Gasteiger partial charge in [0.1, 0.15) is 0 Å². The zero-order valence-electron chi connectivity index (χ0n) is 16.6. The van der Waals surface area contributed by atoms with Gasteiger partial charge in [-0.3, -0.25) is 9.88 Å². The molecule has 0 saturated carbocycles. The van der Waals surface area contributed by atoms with E-state index < -0.39 is 0 Å². The molecule has 0 bridgehead atoms. The highest BCUT2D eigenvalue weighted by Gasteiger charge is 2.14. The normalized spacial score (nSPS) is 11.5. The SMILES string of the molecule is COc1nc2cc(C)ccc2cc1CN(CCN(C)C)Cc1ccccn1. The molecule has 0 radical (unpaired) electrons. The zero-order chi connectivity index (χ0) is 19.2. The van der Waals surface area contributed by atoms with E-state index in [0.29, 0.717) is 5.88 Å². The Morgan fingerprint density at radius 2 is 1.85 bits per heavy atom. The lowest BCUT2D eigenvalue weighted by Crippen LogP contribution is -2.31. The minimum atomic E-state index is 0.698. The molecule has 3 aromatic rings. The molecular formula is C22H28N4O. The summed E-state index contributed by atoms with van der Waals surface area (Å²) in [6, 6.07) is 14.6. The Balaban J connectivity index is 1.87. The predicted octanol–water partition coefficient (Wildman–Crippen LogP) is 3.51. The van der Waals surface area contributed by atoms with Crippen LogP contribution in [0.25, 0.3) is 10.9 Å². The van der Waals surface area contributed by atoms with Crippen LogP contribution in [0.3, 0.4) is 0 Å². The second-order valence-corrected chi connectivity index (χ2v) is 7.19. The summed E-state index contributed by atoms with van der Waals surface area (Å²) in [5.41, 5.74) is 4.34. The van der Waals surface area contributed by atoms with E-state index in [1.165, 1.54) is 5.56 Å². The largest absolute Gasteiger partial charge is 0.481 e. The maximum Gasteiger partial charge on any atom is 0.218 e. The minimum Gasteiger partial charge on any atom is -0.481 e. The number of rotatable bonds is 8. The number of benzene rings is 1. The van der Waals surface area contributed by atoms with Gasteiger partial charge in [0.15, 0.2) is 0 Å². The zero-order valence-corrected chi connectivity index (χ0v) is 16.6. The molecule has 0 unspecified atom stereocenters. The summed E-state index contributed by atoms with van der Waals surface area (Å²) in [7, 11) is 5.88. The van der Waals surface area contributed by atoms with Crippen molar-refractivity contribution < 1.29 is 4.74 Å². The Bertz CT molecular complexity index is 880. The summed E-state index contributed by atoms with van der Waals surface area (Å²) in [5.74, 6) is 0.698. The average Bonchev–Trinajstić information content (AvgIpc) is 2.66. The molecule has 3 rings (SSSR count). The first-order valence-electron chi connectivity index (χ1n) is 9.26. The molecule has 0 spiro atoms. The molecule has 142 valence electrons. The number of pyridine rings is 2. The molecule has 0 aliphatic rings. The minimum absolute atomic E-state index is 0.698. The topological polar surface area (TPSA) is 41.5 Å². The molecule has 0 aliphatic carbocycles. The van der Waals surface area contributed by atoms with Crippen molar-refractivity contribution in [3.63, 3.8) is 0 Å². The fourth-order valence-electron chi connectivity index (χ4n) is 3.11. The van der Waals surface area contributed by atoms with Crippen molar-refractivity contribution in [2.45, 2.75) is 20.0 Å². The molecule has 5 heteroatoms. The van der Waals surface area contributed by atoms with Crippen LogP contribution in [0.5, 0.6) is 5.88 Å². The van der Waals surface area contributed by atoms with Gasteiger partial charge in [0.25, 0.3) is 0 Å². The van der Waals surface area contributed by atoms with Crippen LogP contribution in [0.4, 0.5) is 0 Å². The highest BCUT2D eigenvalue weighted by Crippen LogP contribution is 2.24. The van der Waals surface area contributed by atoms with Gasteiger partial charge in [-0.1, -0.05) is 18.2 Å². The Hall–Kier alpha value is -2.50. The molecule has 0 saturated heterocycles. The molecule has 2 aromatic heterocycles. The van der Waals surface area contributed by atoms with Gasteiger partial charge < -0.3 is 9.64 Å². The molecule has 1 aromatic carbocycles. The summed E-state index contributed by atoms with van der Waals surface area (Å²) in [6.45, 7) is 5.57. The second kappa shape index (κ2) is 8.93. The first-order valence-corrected chi connectivity index (χ1v) is 9.26. The highest BCUT2D eigenvalue weighted by molar-refractivity contribution is 5.80. The third kappa shape index (κ3) is 5.25. The third-order valence-electron chi connectivity index (χ3n) is 4.57. The first kappa shape index (κ1) is 19.3. The van der Waals surface area contributed by atoms with Crippen molar-refractivity contribution in [2.24, 2.45) is 0 Å². The number of aryl methyl sites for hydroxylation is 1. The van der Waals surface area contributed by atoms with E-state index >= 15 is 0 Å². The Morgan fingerprint density at radius 1 is 1.00 bits per heavy atom. The van der Waals surface area contributed by atoms with Gasteiger partial charge in [0.05, 0.1) is 18.3 Å². The van der Waals surface area contributed by atoms with Crippen molar-refractivity contribution >= 4 is 10.9 Å². The number of ether oxygens (including phenoxy) is 1. The van der Waals surface area contributed by atoms with Crippen LogP contribution in [0.15, 0.2) is 48.7 Å². The van der Waals surface area contributed by atoms with E-state index in [2.05, 4.69) is 66.1 Å². The van der Waals surface area contributed by atoms with Gasteiger partial charge in [-0.2, -0.15) is 0 Å². The Morgan fingerprint density at radius 3 is 2.56 bits per heavy atom. The number of aromatic nitrogens is 2. The first-order chi connectivity index (χ1) is 13.0. The van der Waals surface area contributed by atoms with Crippen molar-refractivity contribution in [1.29, 1.82) is 0 Å². The maximum atomic E-state index is 5.61. The second-order valence-electron chi connectivity index (χ2n) is 7.19. The van der Waals surface area contributed by atoms with E-state index in [1.807, 2.05) is 18.3 Å². The summed E-state index contributed by atoms with van der Waals surface area (Å²) < 4.78 is 5.61. The van der Waals surface area contributed by atoms with Crippen molar-refractivity contribution in [3.05, 3.63) is 65.5 Å². The molecule has 0 aliphatic heterocycles. The summed E-state index contributed by atoms with van der Waals surface area (Å²) in [6.07, 6.45) is 1.85. The number of hydrogen-bond donors (Lipinski definition) is 0. The van der Waals surface area contributed by atoms with E-state index in [-0.39, 0.29) is 0 Å². The predicted molar refractivity (Wildman–Crippen MR) is 110 cm³/mol. The van der Waals surface area contributed by atoms with E-state index in [9.17, 15) is 0 Å². The van der Waals surface area contributed by atoms with Gasteiger partial charge in [-0.15, -0.1) is 0 Å². The van der Waals surface area contributed by atoms with E-state index in [0.717, 1.165) is 48.3 Å². The van der Waals surface area contributed by atoms with Gasteiger partial charge in [-0.25, -0.2) is 4.98 Å². The van der Waals surface area contributed by atoms with E-state index in [4.69, 9.17) is 9.72 Å². The molecule has 27 heavy (non-hydrogen) atoms. The lowest BCUT2D eigenvalue weighted by atomic mass is 10.1. The Labute approximate surface area is 161 Å². The molecular weight excluding hydrogens is 336 g/mol. The molecule has 0 amide bonds. The van der Waals surface area contributed by atoms with Crippen molar-refractivity contribution in [3.8, 4) is 5.88 Å². The summed E-state index contributed by atoms with van der Waals surface area (Å²) >= 11 is 0. The quantitative estimate of drug-likeness (QED) is 0.612. The van der Waals surface area contributed by atoms with Gasteiger partial charge in [0, 0.05) is 43.3 Å². The smallest absolute Gasteiger partial charge is 0.218 e. The van der Waals surface area contributed by atoms with Crippen LogP contribution in [-0.2, 0) is 13.1 Å². The van der Waals surface area contributed by atoms with Crippen LogP contribution in [0.2, 0.25) is 0 Å². The number of hydrogen-bond acceptors (Lipinski definition) is 5. The number of likely N-dealkylation sites (N-methyl/N-ethyl adjacent to an activating group) is 1. The fraction of sp³-hybridized carbons (Fsp3) is 0.364. The van der Waals surface area contributed by atoms with Gasteiger partial charge in [0.2, 0.25) is 5.88 Å². The van der Waals surface area contributed by atoms with E-state index in [1.54, 1.807) is 7.11 Å². The van der Waals surface area contributed by atoms with Gasteiger partial charge in [-0.05, 0) is 50.8 Å². The standard InChI is InChI=1S/C22H28N4O/c1-17-8-9-18-14-19(22(27-4)24-21(18)13-17)15-26(12-11-25(2)3)16-20-7-5-6-10-23-20/h5-10,13-14H,11-12,15-16H2,1-4H3. The van der Waals surface area contributed by atoms with Crippen LogP contribution in [0.1, 0.15) is 16.8 Å². The molecule has 5 nitrogen and oxygen atoms in total. The summed E-state index contributed by atoms with van der Waals surface area (Å²) in [4.78, 5) is 13.8. The summed E-state index contributed by atoms with van der Waals surface area (Å²) in [5, 5.41) is 1.14. The number of methoxy groups -OCH3 is 1. The molecule has 0 N–H and O–H groups in total. The number of fused-ring (bicyclic) bond motifs is 1. The highest BCUT2D eigenvalue weighted by atomic mass is 16.5. The van der Waals surface area contributed by atoms with Crippen LogP contribution in [0, 0.1) is 6.92 Å². The van der Waals surface area contributed by atoms with Gasteiger partial charge >= 0.3 is 0 Å². The van der Waals surface area contributed by atoms with Crippen molar-refractivity contribution in [2.75, 3.05) is 34.3 Å². The fourth-order valence-corrected chi connectivity index (χ4v) is 3.11. The monoisotopic (exact) mass is 364 g/mol. The van der Waals surface area contributed by atoms with Crippen molar-refractivity contribution in [1.82, 2.24) is 19.8 Å². The third-order valence-corrected chi connectivity index (χ3v) is 4.57. The molecule has 0 fully saturated rings. The van der Waals surface area contributed by atoms with Crippen LogP contribution in [-0.4, -0.2) is 54.1 Å². The maximum absolute atomic E-state index is 5.61. The number of nitrogens with zero attached hydrogens (tertiary/aromatic N) is 4.